The second-order valence-electron chi connectivity index (χ2n) is 5.67. The van der Waals surface area contributed by atoms with E-state index in [1.807, 2.05) is 0 Å². The molecule has 0 bridgehead atoms. The van der Waals surface area contributed by atoms with Gasteiger partial charge in [-0.2, -0.15) is 18.3 Å². The van der Waals surface area contributed by atoms with E-state index in [2.05, 4.69) is 15.4 Å². The van der Waals surface area contributed by atoms with Gasteiger partial charge in [0.2, 0.25) is 0 Å². The molecule has 0 spiro atoms. The molecule has 1 amide bonds. The van der Waals surface area contributed by atoms with Crippen molar-refractivity contribution in [2.45, 2.75) is 22.7 Å². The summed E-state index contributed by atoms with van der Waals surface area (Å²) in [4.78, 5) is 17.1. The highest BCUT2D eigenvalue weighted by Crippen LogP contribution is 2.40. The summed E-state index contributed by atoms with van der Waals surface area (Å²) in [7, 11) is 0. The Morgan fingerprint density at radius 3 is 2.61 bits per heavy atom. The van der Waals surface area contributed by atoms with Crippen LogP contribution in [0.15, 0.2) is 59.8 Å². The standard InChI is InChI=1S/C18H14ClF3N4OS/c1-11-12(10-24-26(11)15-8-4-5-9-23-15)16(27)25-13-6-2-3-7-14(13)28-17(19)18(20,21)22/h2-10,17H,1H3,(H,25,27). The van der Waals surface area contributed by atoms with Gasteiger partial charge in [0.25, 0.3) is 5.91 Å². The number of anilines is 1. The molecule has 0 aliphatic carbocycles. The molecule has 3 aromatic rings. The molecule has 10 heteroatoms. The molecule has 1 N–H and O–H groups in total. The molecular formula is C18H14ClF3N4OS. The van der Waals surface area contributed by atoms with Crippen molar-refractivity contribution in [2.24, 2.45) is 0 Å². The Hall–Kier alpha value is -2.52. The zero-order chi connectivity index (χ0) is 20.3. The van der Waals surface area contributed by atoms with Crippen LogP contribution in [0.1, 0.15) is 16.1 Å². The lowest BCUT2D eigenvalue weighted by molar-refractivity contribution is -0.113. The molecule has 28 heavy (non-hydrogen) atoms. The fourth-order valence-electron chi connectivity index (χ4n) is 2.38. The molecule has 0 saturated carbocycles. The number of para-hydroxylation sites is 1. The molecule has 1 unspecified atom stereocenters. The lowest BCUT2D eigenvalue weighted by atomic mass is 10.2. The highest BCUT2D eigenvalue weighted by molar-refractivity contribution is 8.01. The minimum Gasteiger partial charge on any atom is -0.321 e. The number of nitrogens with zero attached hydrogens (tertiary/aromatic N) is 3. The second-order valence-corrected chi connectivity index (χ2v) is 7.51. The Morgan fingerprint density at radius 1 is 1.21 bits per heavy atom. The Morgan fingerprint density at radius 2 is 1.93 bits per heavy atom. The van der Waals surface area contributed by atoms with Crippen LogP contribution < -0.4 is 5.32 Å². The van der Waals surface area contributed by atoms with Crippen LogP contribution in [-0.4, -0.2) is 31.6 Å². The van der Waals surface area contributed by atoms with Gasteiger partial charge in [-0.25, -0.2) is 9.67 Å². The van der Waals surface area contributed by atoms with Gasteiger partial charge < -0.3 is 5.32 Å². The Bertz CT molecular complexity index is 978. The summed E-state index contributed by atoms with van der Waals surface area (Å²) in [5.74, 6) is 0.0519. The van der Waals surface area contributed by atoms with E-state index >= 15 is 0 Å². The highest BCUT2D eigenvalue weighted by Gasteiger charge is 2.39. The van der Waals surface area contributed by atoms with Crippen LogP contribution in [-0.2, 0) is 0 Å². The Kier molecular flexibility index (Phi) is 5.95. The van der Waals surface area contributed by atoms with Gasteiger partial charge in [-0.3, -0.25) is 4.79 Å². The third-order valence-corrected chi connectivity index (χ3v) is 5.34. The van der Waals surface area contributed by atoms with Gasteiger partial charge >= 0.3 is 6.18 Å². The number of carbonyl (C=O) groups excluding carboxylic acids is 1. The SMILES string of the molecule is Cc1c(C(=O)Nc2ccccc2SC(Cl)C(F)(F)F)cnn1-c1ccccn1. The Labute approximate surface area is 167 Å². The minimum atomic E-state index is -4.57. The van der Waals surface area contributed by atoms with Gasteiger partial charge in [0.05, 0.1) is 23.1 Å². The van der Waals surface area contributed by atoms with Gasteiger partial charge in [0, 0.05) is 11.1 Å². The number of hydrogen-bond acceptors (Lipinski definition) is 4. The van der Waals surface area contributed by atoms with Gasteiger partial charge in [0.15, 0.2) is 10.5 Å². The van der Waals surface area contributed by atoms with Gasteiger partial charge in [-0.15, -0.1) is 11.6 Å². The van der Waals surface area contributed by atoms with E-state index < -0.39 is 16.8 Å². The summed E-state index contributed by atoms with van der Waals surface area (Å²) in [6, 6.07) is 11.5. The van der Waals surface area contributed by atoms with Crippen molar-refractivity contribution in [1.29, 1.82) is 0 Å². The first-order valence-corrected chi connectivity index (χ1v) is 9.33. The molecule has 0 aliphatic rings. The molecule has 1 aromatic carbocycles. The van der Waals surface area contributed by atoms with E-state index in [1.165, 1.54) is 23.0 Å². The highest BCUT2D eigenvalue weighted by atomic mass is 35.5. The normalized spacial score (nSPS) is 12.6. The van der Waals surface area contributed by atoms with Crippen LogP contribution in [0.25, 0.3) is 5.82 Å². The number of benzene rings is 1. The van der Waals surface area contributed by atoms with Gasteiger partial charge in [-0.05, 0) is 31.2 Å². The fourth-order valence-corrected chi connectivity index (χ4v) is 3.43. The van der Waals surface area contributed by atoms with E-state index in [1.54, 1.807) is 43.5 Å². The summed E-state index contributed by atoms with van der Waals surface area (Å²) in [5.41, 5.74) is 1.06. The molecule has 0 fully saturated rings. The van der Waals surface area contributed by atoms with Gasteiger partial charge in [0.1, 0.15) is 0 Å². The zero-order valence-electron chi connectivity index (χ0n) is 14.4. The van der Waals surface area contributed by atoms with Crippen LogP contribution in [0.2, 0.25) is 0 Å². The number of halogens is 4. The molecule has 2 aromatic heterocycles. The van der Waals surface area contributed by atoms with E-state index in [-0.39, 0.29) is 16.1 Å². The molecule has 0 aliphatic heterocycles. The van der Waals surface area contributed by atoms with Crippen LogP contribution in [0, 0.1) is 6.92 Å². The second kappa shape index (κ2) is 8.24. The molecule has 146 valence electrons. The number of nitrogens with one attached hydrogen (secondary N) is 1. The maximum absolute atomic E-state index is 12.8. The van der Waals surface area contributed by atoms with E-state index in [0.29, 0.717) is 23.3 Å². The number of hydrogen-bond donors (Lipinski definition) is 1. The average Bonchev–Trinajstić information content (AvgIpc) is 3.04. The third-order valence-electron chi connectivity index (χ3n) is 3.74. The van der Waals surface area contributed by atoms with Crippen molar-refractivity contribution in [3.05, 3.63) is 66.1 Å². The number of carbonyl (C=O) groups is 1. The average molecular weight is 427 g/mol. The van der Waals surface area contributed by atoms with Crippen LogP contribution in [0.4, 0.5) is 18.9 Å². The van der Waals surface area contributed by atoms with Crippen molar-refractivity contribution < 1.29 is 18.0 Å². The lowest BCUT2D eigenvalue weighted by Crippen LogP contribution is -2.20. The monoisotopic (exact) mass is 426 g/mol. The van der Waals surface area contributed by atoms with Crippen molar-refractivity contribution in [3.8, 4) is 5.82 Å². The van der Waals surface area contributed by atoms with Crippen LogP contribution in [0.5, 0.6) is 0 Å². The smallest absolute Gasteiger partial charge is 0.321 e. The molecular weight excluding hydrogens is 413 g/mol. The molecule has 2 heterocycles. The fraction of sp³-hybridized carbons (Fsp3) is 0.167. The number of rotatable bonds is 5. The summed E-state index contributed by atoms with van der Waals surface area (Å²) < 4.78 is 37.6. The number of pyridine rings is 1. The molecule has 1 atom stereocenters. The number of alkyl halides is 4. The summed E-state index contributed by atoms with van der Waals surface area (Å²) in [5, 5.41) is 6.80. The van der Waals surface area contributed by atoms with Crippen molar-refractivity contribution in [1.82, 2.24) is 14.8 Å². The topological polar surface area (TPSA) is 59.8 Å². The molecule has 0 saturated heterocycles. The third kappa shape index (κ3) is 4.48. The van der Waals surface area contributed by atoms with Gasteiger partial charge in [-0.1, -0.05) is 30.0 Å². The number of thioether (sulfide) groups is 1. The van der Waals surface area contributed by atoms with Crippen molar-refractivity contribution in [2.75, 3.05) is 5.32 Å². The predicted molar refractivity (Wildman–Crippen MR) is 102 cm³/mol. The first kappa shape index (κ1) is 20.2. The molecule has 5 nitrogen and oxygen atoms in total. The maximum atomic E-state index is 12.8. The van der Waals surface area contributed by atoms with Crippen molar-refractivity contribution in [3.63, 3.8) is 0 Å². The van der Waals surface area contributed by atoms with Crippen molar-refractivity contribution >= 4 is 35.0 Å². The zero-order valence-corrected chi connectivity index (χ0v) is 16.0. The van der Waals surface area contributed by atoms with E-state index in [4.69, 9.17) is 11.6 Å². The van der Waals surface area contributed by atoms with Crippen LogP contribution in [0.3, 0.4) is 0 Å². The quantitative estimate of drug-likeness (QED) is 0.458. The lowest BCUT2D eigenvalue weighted by Gasteiger charge is -2.16. The summed E-state index contributed by atoms with van der Waals surface area (Å²) in [6.07, 6.45) is -1.58. The summed E-state index contributed by atoms with van der Waals surface area (Å²) in [6.45, 7) is 1.70. The van der Waals surface area contributed by atoms with E-state index in [0.717, 1.165) is 0 Å². The first-order chi connectivity index (χ1) is 13.3. The number of amides is 1. The first-order valence-electron chi connectivity index (χ1n) is 8.01. The van der Waals surface area contributed by atoms with Crippen LogP contribution >= 0.6 is 23.4 Å². The Balaban J connectivity index is 1.82. The molecule has 3 rings (SSSR count). The molecule has 0 radical (unpaired) electrons. The van der Waals surface area contributed by atoms with E-state index in [9.17, 15) is 18.0 Å². The largest absolute Gasteiger partial charge is 0.414 e. The minimum absolute atomic E-state index is 0.211. The summed E-state index contributed by atoms with van der Waals surface area (Å²) >= 11 is 5.83. The number of aromatic nitrogens is 3. The maximum Gasteiger partial charge on any atom is 0.414 e. The predicted octanol–water partition coefficient (Wildman–Crippen LogP) is 5.05.